The van der Waals surface area contributed by atoms with Crippen LogP contribution in [0, 0.1) is 0 Å². The Hall–Kier alpha value is 0.390. The van der Waals surface area contributed by atoms with Gasteiger partial charge in [0.05, 0.1) is 18.5 Å². The van der Waals surface area contributed by atoms with Crippen LogP contribution in [0.4, 0.5) is 0 Å². The summed E-state index contributed by atoms with van der Waals surface area (Å²) in [6, 6.07) is 0. The molecule has 1 nitrogen and oxygen atoms in total. The molecule has 0 radical (unpaired) electrons. The highest BCUT2D eigenvalue weighted by Gasteiger charge is 2.29. The fourth-order valence-corrected chi connectivity index (χ4v) is 3.44. The highest BCUT2D eigenvalue weighted by Crippen LogP contribution is 2.54. The smallest absolute Gasteiger partial charge is 0.141 e. The van der Waals surface area contributed by atoms with Gasteiger partial charge in [0.1, 0.15) is 7.49 Å². The summed E-state index contributed by atoms with van der Waals surface area (Å²) in [6.07, 6.45) is 9.69. The zero-order chi connectivity index (χ0) is 10.2. The second-order valence-corrected chi connectivity index (χ2v) is 7.77. The molecule has 0 aromatic heterocycles. The highest BCUT2D eigenvalue weighted by atomic mass is 31.2. The van der Waals surface area contributed by atoms with Gasteiger partial charge in [0.15, 0.2) is 0 Å². The SMILES string of the molecule is CCCCCCC[P+](O)(CC)CC. The monoisotopic (exact) mass is 205 g/mol. The van der Waals surface area contributed by atoms with Crippen LogP contribution in [0.1, 0.15) is 52.9 Å². The van der Waals surface area contributed by atoms with Crippen molar-refractivity contribution in [2.24, 2.45) is 0 Å². The lowest BCUT2D eigenvalue weighted by Gasteiger charge is -2.16. The van der Waals surface area contributed by atoms with Gasteiger partial charge in [0.25, 0.3) is 0 Å². The van der Waals surface area contributed by atoms with Crippen molar-refractivity contribution >= 4 is 7.49 Å². The van der Waals surface area contributed by atoms with Crippen molar-refractivity contribution in [2.45, 2.75) is 52.9 Å². The van der Waals surface area contributed by atoms with Crippen molar-refractivity contribution in [1.29, 1.82) is 0 Å². The second kappa shape index (κ2) is 7.76. The third-order valence-corrected chi connectivity index (χ3v) is 6.36. The third-order valence-electron chi connectivity index (χ3n) is 2.86. The Balaban J connectivity index is 3.39. The molecule has 0 aliphatic carbocycles. The summed E-state index contributed by atoms with van der Waals surface area (Å²) >= 11 is 0. The van der Waals surface area contributed by atoms with E-state index in [1.165, 1.54) is 32.1 Å². The molecule has 80 valence electrons. The summed E-state index contributed by atoms with van der Waals surface area (Å²) in [5, 5.41) is 0. The molecular formula is C11H26OP+. The summed E-state index contributed by atoms with van der Waals surface area (Å²) in [5.41, 5.74) is 0. The van der Waals surface area contributed by atoms with Crippen molar-refractivity contribution in [1.82, 2.24) is 0 Å². The van der Waals surface area contributed by atoms with Gasteiger partial charge in [-0.25, -0.2) is 0 Å². The van der Waals surface area contributed by atoms with Crippen molar-refractivity contribution < 1.29 is 4.89 Å². The van der Waals surface area contributed by atoms with E-state index >= 15 is 0 Å². The molecule has 1 N–H and O–H groups in total. The van der Waals surface area contributed by atoms with Crippen LogP contribution in [0.25, 0.3) is 0 Å². The quantitative estimate of drug-likeness (QED) is 0.470. The zero-order valence-corrected chi connectivity index (χ0v) is 10.4. The van der Waals surface area contributed by atoms with Gasteiger partial charge in [-0.2, -0.15) is 0 Å². The Morgan fingerprint density at radius 1 is 0.846 bits per heavy atom. The minimum atomic E-state index is -1.48. The first kappa shape index (κ1) is 13.4. The van der Waals surface area contributed by atoms with Gasteiger partial charge in [-0.15, -0.1) is 0 Å². The summed E-state index contributed by atoms with van der Waals surface area (Å²) < 4.78 is 0. The lowest BCUT2D eigenvalue weighted by molar-refractivity contribution is 0.586. The van der Waals surface area contributed by atoms with Gasteiger partial charge in [-0.3, -0.25) is 4.89 Å². The number of hydrogen-bond acceptors (Lipinski definition) is 1. The molecule has 2 heteroatoms. The van der Waals surface area contributed by atoms with Crippen LogP contribution in [-0.2, 0) is 0 Å². The van der Waals surface area contributed by atoms with Crippen molar-refractivity contribution in [2.75, 3.05) is 18.5 Å². The largest absolute Gasteiger partial charge is 0.252 e. The van der Waals surface area contributed by atoms with Gasteiger partial charge in [-0.05, 0) is 26.7 Å². The molecule has 0 aromatic rings. The molecule has 0 rings (SSSR count). The van der Waals surface area contributed by atoms with E-state index in [0.29, 0.717) is 0 Å². The predicted molar refractivity (Wildman–Crippen MR) is 63.8 cm³/mol. The van der Waals surface area contributed by atoms with E-state index in [-0.39, 0.29) is 0 Å². The topological polar surface area (TPSA) is 20.2 Å². The normalized spacial score (nSPS) is 12.0. The first-order valence-corrected chi connectivity index (χ1v) is 8.07. The van der Waals surface area contributed by atoms with E-state index in [9.17, 15) is 4.89 Å². The molecular weight excluding hydrogens is 179 g/mol. The summed E-state index contributed by atoms with van der Waals surface area (Å²) in [5.74, 6) is 0. The number of rotatable bonds is 8. The van der Waals surface area contributed by atoms with Gasteiger partial charge in [0, 0.05) is 0 Å². The second-order valence-electron chi connectivity index (χ2n) is 3.87. The summed E-state index contributed by atoms with van der Waals surface area (Å²) in [7, 11) is -1.48. The number of hydrogen-bond donors (Lipinski definition) is 1. The Morgan fingerprint density at radius 3 is 1.85 bits per heavy atom. The van der Waals surface area contributed by atoms with E-state index in [0.717, 1.165) is 18.5 Å². The molecule has 0 fully saturated rings. The first-order valence-electron chi connectivity index (χ1n) is 5.77. The molecule has 0 saturated carbocycles. The maximum absolute atomic E-state index is 10.1. The average Bonchev–Trinajstić information content (AvgIpc) is 2.17. The zero-order valence-electron chi connectivity index (χ0n) is 9.55. The van der Waals surface area contributed by atoms with E-state index in [2.05, 4.69) is 20.8 Å². The molecule has 0 aromatic carbocycles. The molecule has 0 amide bonds. The summed E-state index contributed by atoms with van der Waals surface area (Å²) in [4.78, 5) is 10.1. The van der Waals surface area contributed by atoms with E-state index < -0.39 is 7.49 Å². The van der Waals surface area contributed by atoms with Crippen LogP contribution in [-0.4, -0.2) is 23.4 Å². The standard InChI is InChI=1S/C11H26OP/c1-4-7-8-9-10-11-13(12,5-2)6-3/h12H,4-11H2,1-3H3/q+1. The maximum Gasteiger partial charge on any atom is 0.141 e. The van der Waals surface area contributed by atoms with Gasteiger partial charge in [0.2, 0.25) is 0 Å². The lowest BCUT2D eigenvalue weighted by Crippen LogP contribution is -2.03. The molecule has 0 spiro atoms. The van der Waals surface area contributed by atoms with Crippen molar-refractivity contribution in [3.05, 3.63) is 0 Å². The first-order chi connectivity index (χ1) is 6.18. The van der Waals surface area contributed by atoms with Crippen LogP contribution in [0.5, 0.6) is 0 Å². The Labute approximate surface area is 84.4 Å². The summed E-state index contributed by atoms with van der Waals surface area (Å²) in [6.45, 7) is 6.49. The molecule has 0 aliphatic heterocycles. The molecule has 0 heterocycles. The lowest BCUT2D eigenvalue weighted by atomic mass is 10.2. The molecule has 0 saturated heterocycles. The fraction of sp³-hybridized carbons (Fsp3) is 1.00. The van der Waals surface area contributed by atoms with Crippen LogP contribution in [0.2, 0.25) is 0 Å². The Bertz CT molecular complexity index is 111. The van der Waals surface area contributed by atoms with E-state index in [4.69, 9.17) is 0 Å². The molecule has 0 bridgehead atoms. The van der Waals surface area contributed by atoms with Gasteiger partial charge in [-0.1, -0.05) is 26.2 Å². The minimum Gasteiger partial charge on any atom is -0.252 e. The fourth-order valence-electron chi connectivity index (χ4n) is 1.55. The Kier molecular flexibility index (Phi) is 8.00. The average molecular weight is 205 g/mol. The molecule has 0 aliphatic rings. The van der Waals surface area contributed by atoms with Crippen LogP contribution >= 0.6 is 7.49 Å². The molecule has 0 unspecified atom stereocenters. The minimum absolute atomic E-state index is 1.01. The van der Waals surface area contributed by atoms with Crippen molar-refractivity contribution in [3.63, 3.8) is 0 Å². The van der Waals surface area contributed by atoms with Crippen LogP contribution in [0.3, 0.4) is 0 Å². The van der Waals surface area contributed by atoms with Crippen LogP contribution in [0.15, 0.2) is 0 Å². The Morgan fingerprint density at radius 2 is 1.38 bits per heavy atom. The van der Waals surface area contributed by atoms with Gasteiger partial charge < -0.3 is 0 Å². The van der Waals surface area contributed by atoms with Crippen LogP contribution < -0.4 is 0 Å². The number of unbranched alkanes of at least 4 members (excludes halogenated alkanes) is 4. The predicted octanol–water partition coefficient (Wildman–Crippen LogP) is 3.92. The molecule has 0 atom stereocenters. The molecule has 13 heavy (non-hydrogen) atoms. The van der Waals surface area contributed by atoms with Crippen molar-refractivity contribution in [3.8, 4) is 0 Å². The van der Waals surface area contributed by atoms with Gasteiger partial charge >= 0.3 is 0 Å². The third kappa shape index (κ3) is 6.46. The van der Waals surface area contributed by atoms with E-state index in [1.807, 2.05) is 0 Å². The van der Waals surface area contributed by atoms with E-state index in [1.54, 1.807) is 0 Å². The maximum atomic E-state index is 10.1. The highest BCUT2D eigenvalue weighted by molar-refractivity contribution is 7.70.